The van der Waals surface area contributed by atoms with Gasteiger partial charge in [-0.15, -0.1) is 11.8 Å². The van der Waals surface area contributed by atoms with Gasteiger partial charge in [0, 0.05) is 75.1 Å². The number of fused-ring (bicyclic) bond motifs is 1. The highest BCUT2D eigenvalue weighted by Gasteiger charge is 2.34. The second-order valence-corrected chi connectivity index (χ2v) is 12.5. The maximum Gasteiger partial charge on any atom is 0.254 e. The van der Waals surface area contributed by atoms with Crippen LogP contribution >= 0.6 is 11.8 Å². The van der Waals surface area contributed by atoms with E-state index in [9.17, 15) is 4.79 Å². The lowest BCUT2D eigenvalue weighted by atomic mass is 9.84. The van der Waals surface area contributed by atoms with Crippen LogP contribution in [0, 0.1) is 25.2 Å². The molecule has 2 fully saturated rings. The van der Waals surface area contributed by atoms with Gasteiger partial charge in [0.25, 0.3) is 5.56 Å². The molecule has 5 rings (SSSR count). The lowest BCUT2D eigenvalue weighted by Gasteiger charge is -2.40. The van der Waals surface area contributed by atoms with Gasteiger partial charge in [-0.05, 0) is 63.8 Å². The number of aromatic amines is 1. The van der Waals surface area contributed by atoms with Gasteiger partial charge in [0.2, 0.25) is 0 Å². The van der Waals surface area contributed by atoms with E-state index in [1.807, 2.05) is 19.2 Å². The molecule has 2 aromatic heterocycles. The van der Waals surface area contributed by atoms with Crippen LogP contribution in [-0.2, 0) is 17.8 Å². The Kier molecular flexibility index (Phi) is 8.08. The van der Waals surface area contributed by atoms with Crippen LogP contribution in [0.2, 0.25) is 0 Å². The molecule has 7 heteroatoms. The molecular formula is C31H42N4O2S. The van der Waals surface area contributed by atoms with E-state index in [0.717, 1.165) is 53.7 Å². The van der Waals surface area contributed by atoms with E-state index in [1.54, 1.807) is 11.8 Å². The van der Waals surface area contributed by atoms with E-state index in [1.165, 1.54) is 42.3 Å². The molecule has 0 radical (unpaired) electrons. The average molecular weight is 535 g/mol. The van der Waals surface area contributed by atoms with Crippen molar-refractivity contribution in [2.45, 2.75) is 70.5 Å². The second kappa shape index (κ2) is 11.3. The van der Waals surface area contributed by atoms with E-state index >= 15 is 0 Å². The molecule has 1 aliphatic carbocycles. The number of nitrogens with one attached hydrogen (secondary N) is 3. The maximum absolute atomic E-state index is 12.7. The molecule has 0 amide bonds. The normalized spacial score (nSPS) is 20.8. The Labute approximate surface area is 230 Å². The Morgan fingerprint density at radius 2 is 1.95 bits per heavy atom. The van der Waals surface area contributed by atoms with E-state index in [2.05, 4.69) is 64.9 Å². The highest BCUT2D eigenvalue weighted by atomic mass is 32.2. The number of ether oxygens (including phenoxy) is 1. The van der Waals surface area contributed by atoms with Crippen molar-refractivity contribution in [2.75, 3.05) is 26.0 Å². The predicted octanol–water partition coefficient (Wildman–Crippen LogP) is 5.61. The minimum absolute atomic E-state index is 0.0333. The molecular weight excluding hydrogens is 492 g/mol. The summed E-state index contributed by atoms with van der Waals surface area (Å²) in [5.74, 6) is 0.675. The third-order valence-electron chi connectivity index (χ3n) is 8.47. The van der Waals surface area contributed by atoms with Crippen molar-refractivity contribution in [1.82, 2.24) is 20.2 Å². The topological polar surface area (TPSA) is 71.1 Å². The third kappa shape index (κ3) is 5.61. The van der Waals surface area contributed by atoms with Crippen LogP contribution in [0.4, 0.5) is 0 Å². The van der Waals surface area contributed by atoms with E-state index in [-0.39, 0.29) is 5.56 Å². The van der Waals surface area contributed by atoms with Crippen LogP contribution in [0.3, 0.4) is 0 Å². The SMILES string of the molecule is C=C(NCc1c(SC)cc(C)[nH]c1=O)c1c(C)n(CC2CCC(NCC3(C)COC3)CC2)c2ccccc12. The molecule has 38 heavy (non-hydrogen) atoms. The van der Waals surface area contributed by atoms with Crippen LogP contribution in [-0.4, -0.2) is 41.6 Å². The van der Waals surface area contributed by atoms with Crippen LogP contribution < -0.4 is 16.2 Å². The Morgan fingerprint density at radius 1 is 1.21 bits per heavy atom. The standard InChI is InChI=1S/C31H42N4O2S/c1-20-14-28(38-5)26(30(36)34-20)15-32-21(2)29-22(3)35(27-9-7-6-8-25(27)29)16-23-10-12-24(13-11-23)33-17-31(4)18-37-19-31/h6-9,14,23-24,32-33H,2,10-13,15-19H2,1,3-5H3,(H,34,36). The number of thioether (sulfide) groups is 1. The predicted molar refractivity (Wildman–Crippen MR) is 159 cm³/mol. The summed E-state index contributed by atoms with van der Waals surface area (Å²) in [6.07, 6.45) is 6.99. The fourth-order valence-corrected chi connectivity index (χ4v) is 6.82. The fourth-order valence-electron chi connectivity index (χ4n) is 6.12. The number of aryl methyl sites for hydroxylation is 1. The Balaban J connectivity index is 1.28. The van der Waals surface area contributed by atoms with Crippen LogP contribution in [0.1, 0.15) is 55.1 Å². The largest absolute Gasteiger partial charge is 0.381 e. The Hall–Kier alpha value is -2.48. The monoisotopic (exact) mass is 534 g/mol. The van der Waals surface area contributed by atoms with Crippen molar-refractivity contribution in [3.63, 3.8) is 0 Å². The number of hydrogen-bond donors (Lipinski definition) is 3. The highest BCUT2D eigenvalue weighted by Crippen LogP contribution is 2.34. The smallest absolute Gasteiger partial charge is 0.254 e. The van der Waals surface area contributed by atoms with Crippen LogP contribution in [0.15, 0.2) is 46.6 Å². The van der Waals surface area contributed by atoms with Gasteiger partial charge < -0.3 is 24.9 Å². The molecule has 2 aliphatic rings. The summed E-state index contributed by atoms with van der Waals surface area (Å²) in [6.45, 7) is 15.2. The molecule has 0 spiro atoms. The highest BCUT2D eigenvalue weighted by molar-refractivity contribution is 7.98. The van der Waals surface area contributed by atoms with Gasteiger partial charge in [0.1, 0.15) is 0 Å². The summed E-state index contributed by atoms with van der Waals surface area (Å²) in [4.78, 5) is 16.6. The first kappa shape index (κ1) is 27.1. The number of H-pyrrole nitrogens is 1. The first-order chi connectivity index (χ1) is 18.3. The molecule has 204 valence electrons. The first-order valence-corrected chi connectivity index (χ1v) is 15.1. The van der Waals surface area contributed by atoms with Crippen molar-refractivity contribution in [3.05, 3.63) is 69.8 Å². The molecule has 1 aliphatic heterocycles. The number of benzene rings is 1. The van der Waals surface area contributed by atoms with Gasteiger partial charge in [0.05, 0.1) is 13.2 Å². The average Bonchev–Trinajstić information content (AvgIpc) is 3.17. The quantitative estimate of drug-likeness (QED) is 0.295. The van der Waals surface area contributed by atoms with E-state index in [0.29, 0.717) is 23.9 Å². The molecule has 0 bridgehead atoms. The number of rotatable bonds is 10. The molecule has 3 heterocycles. The van der Waals surface area contributed by atoms with E-state index in [4.69, 9.17) is 4.74 Å². The summed E-state index contributed by atoms with van der Waals surface area (Å²) >= 11 is 1.60. The van der Waals surface area contributed by atoms with Crippen molar-refractivity contribution >= 4 is 28.4 Å². The van der Waals surface area contributed by atoms with Crippen molar-refractivity contribution in [1.29, 1.82) is 0 Å². The van der Waals surface area contributed by atoms with Crippen molar-refractivity contribution in [3.8, 4) is 0 Å². The number of para-hydroxylation sites is 1. The number of nitrogens with zero attached hydrogens (tertiary/aromatic N) is 1. The molecule has 1 saturated heterocycles. The number of pyridine rings is 1. The van der Waals surface area contributed by atoms with E-state index < -0.39 is 0 Å². The van der Waals surface area contributed by atoms with Crippen LogP contribution in [0.5, 0.6) is 0 Å². The van der Waals surface area contributed by atoms with Crippen molar-refractivity contribution < 1.29 is 4.74 Å². The van der Waals surface area contributed by atoms with Gasteiger partial charge >= 0.3 is 0 Å². The zero-order valence-electron chi connectivity index (χ0n) is 23.3. The molecule has 0 atom stereocenters. The van der Waals surface area contributed by atoms with Gasteiger partial charge in [-0.2, -0.15) is 0 Å². The van der Waals surface area contributed by atoms with Gasteiger partial charge in [-0.1, -0.05) is 31.7 Å². The van der Waals surface area contributed by atoms with Gasteiger partial charge in [-0.3, -0.25) is 4.79 Å². The molecule has 0 unspecified atom stereocenters. The maximum atomic E-state index is 12.7. The number of hydrogen-bond acceptors (Lipinski definition) is 5. The minimum Gasteiger partial charge on any atom is -0.381 e. The second-order valence-electron chi connectivity index (χ2n) is 11.7. The Morgan fingerprint density at radius 3 is 2.63 bits per heavy atom. The first-order valence-electron chi connectivity index (χ1n) is 13.9. The fraction of sp³-hybridized carbons (Fsp3) is 0.516. The minimum atomic E-state index is -0.0333. The zero-order valence-corrected chi connectivity index (χ0v) is 24.1. The molecule has 3 aromatic rings. The summed E-state index contributed by atoms with van der Waals surface area (Å²) in [6, 6.07) is 11.3. The van der Waals surface area contributed by atoms with Crippen LogP contribution in [0.25, 0.3) is 16.6 Å². The number of aromatic nitrogens is 2. The summed E-state index contributed by atoms with van der Waals surface area (Å²) in [5.41, 5.74) is 6.46. The molecule has 1 aromatic carbocycles. The van der Waals surface area contributed by atoms with Gasteiger partial charge in [-0.25, -0.2) is 0 Å². The lowest BCUT2D eigenvalue weighted by Crippen LogP contribution is -2.50. The zero-order chi connectivity index (χ0) is 26.9. The van der Waals surface area contributed by atoms with Gasteiger partial charge in [0.15, 0.2) is 0 Å². The molecule has 3 N–H and O–H groups in total. The summed E-state index contributed by atoms with van der Waals surface area (Å²) in [5, 5.41) is 8.52. The third-order valence-corrected chi connectivity index (χ3v) is 9.27. The molecule has 6 nitrogen and oxygen atoms in total. The molecule has 1 saturated carbocycles. The lowest BCUT2D eigenvalue weighted by molar-refractivity contribution is -0.100. The summed E-state index contributed by atoms with van der Waals surface area (Å²) < 4.78 is 7.91. The van der Waals surface area contributed by atoms with Crippen molar-refractivity contribution in [2.24, 2.45) is 11.3 Å². The Bertz CT molecular complexity index is 1360. The summed E-state index contributed by atoms with van der Waals surface area (Å²) in [7, 11) is 0.